The summed E-state index contributed by atoms with van der Waals surface area (Å²) in [4.78, 5) is 67.2. The maximum Gasteiger partial charge on any atom is 0.362 e. The van der Waals surface area contributed by atoms with Crippen molar-refractivity contribution >= 4 is 29.3 Å². The normalized spacial score (nSPS) is 22.2. The van der Waals surface area contributed by atoms with Crippen LogP contribution in [0.5, 0.6) is 0 Å². The molecule has 1 fully saturated rings. The van der Waals surface area contributed by atoms with Gasteiger partial charge < -0.3 is 9.47 Å². The molecule has 2 unspecified atom stereocenters. The molecule has 0 N–H and O–H groups in total. The smallest absolute Gasteiger partial charge is 0.362 e. The first-order chi connectivity index (χ1) is 15.7. The number of hydrogen-bond donors (Lipinski definition) is 0. The lowest BCUT2D eigenvalue weighted by Gasteiger charge is -2.54. The minimum Gasteiger partial charge on any atom is -0.433 e. The van der Waals surface area contributed by atoms with Gasteiger partial charge in [0.1, 0.15) is 0 Å². The van der Waals surface area contributed by atoms with Crippen LogP contribution in [0.3, 0.4) is 0 Å². The monoisotopic (exact) mass is 464 g/mol. The second-order valence-corrected chi connectivity index (χ2v) is 10.4. The van der Waals surface area contributed by atoms with Crippen LogP contribution >= 0.6 is 0 Å². The Balaban J connectivity index is 2.33. The number of hydrogen-bond acceptors (Lipinski definition) is 7. The molecule has 34 heavy (non-hydrogen) atoms. The van der Waals surface area contributed by atoms with Crippen LogP contribution in [0.4, 0.5) is 0 Å². The van der Waals surface area contributed by atoms with Gasteiger partial charge in [-0.05, 0) is 12.1 Å². The lowest BCUT2D eigenvalue weighted by atomic mass is 9.60. The fourth-order valence-corrected chi connectivity index (χ4v) is 3.86. The van der Waals surface area contributed by atoms with Crippen molar-refractivity contribution in [3.8, 4) is 0 Å². The van der Waals surface area contributed by atoms with E-state index in [4.69, 9.17) is 9.47 Å². The van der Waals surface area contributed by atoms with E-state index in [1.807, 2.05) is 0 Å². The summed E-state index contributed by atoms with van der Waals surface area (Å²) in [6.45, 7) is 9.15. The van der Waals surface area contributed by atoms with Crippen molar-refractivity contribution in [3.63, 3.8) is 0 Å². The quantitative estimate of drug-likeness (QED) is 0.363. The largest absolute Gasteiger partial charge is 0.433 e. The van der Waals surface area contributed by atoms with E-state index >= 15 is 0 Å². The highest BCUT2D eigenvalue weighted by Gasteiger charge is 2.82. The van der Waals surface area contributed by atoms with E-state index in [1.165, 1.54) is 65.8 Å². The van der Waals surface area contributed by atoms with Crippen LogP contribution in [0.15, 0.2) is 60.7 Å². The van der Waals surface area contributed by atoms with Crippen LogP contribution in [0.2, 0.25) is 0 Å². The summed E-state index contributed by atoms with van der Waals surface area (Å²) >= 11 is 0. The van der Waals surface area contributed by atoms with Gasteiger partial charge in [-0.2, -0.15) is 0 Å². The third-order valence-corrected chi connectivity index (χ3v) is 5.67. The molecule has 1 saturated heterocycles. The molecule has 7 nitrogen and oxygen atoms in total. The van der Waals surface area contributed by atoms with Gasteiger partial charge in [0.2, 0.25) is 5.78 Å². The SMILES string of the molecule is CC(C)(C)C(=O)C(=O)C1(C(=O)C(C)(C)C)OC(=O)C1(OC(=O)c1ccccc1)c1ccccc1. The second kappa shape index (κ2) is 8.31. The maximum atomic E-state index is 13.9. The molecule has 2 aromatic carbocycles. The van der Waals surface area contributed by atoms with E-state index in [9.17, 15) is 24.0 Å². The molecule has 0 spiro atoms. The van der Waals surface area contributed by atoms with Crippen molar-refractivity contribution in [1.82, 2.24) is 0 Å². The summed E-state index contributed by atoms with van der Waals surface area (Å²) in [7, 11) is 0. The summed E-state index contributed by atoms with van der Waals surface area (Å²) in [5.41, 5.74) is -7.39. The maximum absolute atomic E-state index is 13.9. The molecule has 0 aromatic heterocycles. The molecule has 3 rings (SSSR count). The molecule has 0 amide bonds. The zero-order chi connectivity index (χ0) is 25.5. The van der Waals surface area contributed by atoms with Gasteiger partial charge in [0, 0.05) is 16.4 Å². The highest BCUT2D eigenvalue weighted by Crippen LogP contribution is 2.54. The van der Waals surface area contributed by atoms with Crippen LogP contribution in [-0.2, 0) is 34.3 Å². The number of rotatable bonds is 6. The third-order valence-electron chi connectivity index (χ3n) is 5.67. The van der Waals surface area contributed by atoms with Gasteiger partial charge in [-0.1, -0.05) is 90.1 Å². The predicted octanol–water partition coefficient (Wildman–Crippen LogP) is 3.83. The van der Waals surface area contributed by atoms with Crippen LogP contribution in [0.25, 0.3) is 0 Å². The number of ether oxygens (including phenoxy) is 2. The molecule has 2 aromatic rings. The Bertz CT molecular complexity index is 1150. The zero-order valence-electron chi connectivity index (χ0n) is 20.1. The van der Waals surface area contributed by atoms with Crippen molar-refractivity contribution in [1.29, 1.82) is 0 Å². The Morgan fingerprint density at radius 1 is 0.765 bits per heavy atom. The van der Waals surface area contributed by atoms with Crippen LogP contribution < -0.4 is 0 Å². The minimum absolute atomic E-state index is 0.0585. The number of benzene rings is 2. The van der Waals surface area contributed by atoms with Crippen LogP contribution in [-0.4, -0.2) is 34.9 Å². The summed E-state index contributed by atoms with van der Waals surface area (Å²) in [6.07, 6.45) is 0. The Hall–Kier alpha value is -3.61. The first-order valence-corrected chi connectivity index (χ1v) is 10.9. The molecule has 178 valence electrons. The van der Waals surface area contributed by atoms with E-state index in [0.717, 1.165) is 0 Å². The number of cyclic esters (lactones) is 1. The van der Waals surface area contributed by atoms with E-state index in [1.54, 1.807) is 36.4 Å². The summed E-state index contributed by atoms with van der Waals surface area (Å²) in [5.74, 6) is -5.04. The van der Waals surface area contributed by atoms with Gasteiger partial charge in [0.05, 0.1) is 5.56 Å². The molecular formula is C27H28O7. The van der Waals surface area contributed by atoms with Gasteiger partial charge >= 0.3 is 11.9 Å². The van der Waals surface area contributed by atoms with Gasteiger partial charge in [0.15, 0.2) is 5.78 Å². The Morgan fingerprint density at radius 2 is 1.26 bits per heavy atom. The van der Waals surface area contributed by atoms with Gasteiger partial charge in [0.25, 0.3) is 17.0 Å². The molecule has 0 radical (unpaired) electrons. The lowest BCUT2D eigenvalue weighted by Crippen LogP contribution is -2.80. The highest BCUT2D eigenvalue weighted by atomic mass is 16.7. The van der Waals surface area contributed by atoms with Gasteiger partial charge in [-0.3, -0.25) is 14.4 Å². The van der Waals surface area contributed by atoms with Crippen LogP contribution in [0, 0.1) is 10.8 Å². The zero-order valence-corrected chi connectivity index (χ0v) is 20.1. The molecule has 1 aliphatic rings. The third kappa shape index (κ3) is 3.75. The summed E-state index contributed by atoms with van der Waals surface area (Å²) in [6, 6.07) is 15.6. The molecule has 1 aliphatic heterocycles. The number of Topliss-reactive ketones (excluding diaryl/α,β-unsaturated/α-hetero) is 3. The second-order valence-electron chi connectivity index (χ2n) is 10.4. The van der Waals surface area contributed by atoms with Crippen LogP contribution in [0.1, 0.15) is 57.5 Å². The summed E-state index contributed by atoms with van der Waals surface area (Å²) in [5, 5.41) is 0. The van der Waals surface area contributed by atoms with Gasteiger partial charge in [-0.25, -0.2) is 9.59 Å². The number of esters is 2. The van der Waals surface area contributed by atoms with Crippen molar-refractivity contribution in [2.24, 2.45) is 10.8 Å². The van der Waals surface area contributed by atoms with Crippen molar-refractivity contribution in [3.05, 3.63) is 71.8 Å². The molecule has 1 heterocycles. The van der Waals surface area contributed by atoms with Crippen molar-refractivity contribution in [2.75, 3.05) is 0 Å². The summed E-state index contributed by atoms with van der Waals surface area (Å²) < 4.78 is 11.1. The Labute approximate surface area is 198 Å². The molecule has 2 atom stereocenters. The van der Waals surface area contributed by atoms with E-state index in [2.05, 4.69) is 0 Å². The number of carbonyl (C=O) groups excluding carboxylic acids is 5. The molecule has 0 bridgehead atoms. The average Bonchev–Trinajstić information content (AvgIpc) is 2.79. The fourth-order valence-electron chi connectivity index (χ4n) is 3.86. The number of ketones is 3. The van der Waals surface area contributed by atoms with E-state index in [-0.39, 0.29) is 11.1 Å². The van der Waals surface area contributed by atoms with E-state index < -0.39 is 51.3 Å². The molecule has 0 saturated carbocycles. The highest BCUT2D eigenvalue weighted by molar-refractivity contribution is 6.49. The topological polar surface area (TPSA) is 104 Å². The standard InChI is InChI=1S/C27H28O7/c1-24(2,3)19(28)20(29)27(22(31)25(4,5)6)26(23(32)34-27,18-15-11-8-12-16-18)33-21(30)17-13-9-7-10-14-17/h7-16H,1-6H3. The molecule has 0 aliphatic carbocycles. The predicted molar refractivity (Wildman–Crippen MR) is 123 cm³/mol. The Kier molecular flexibility index (Phi) is 6.12. The fraction of sp³-hybridized carbons (Fsp3) is 0.370. The molecular weight excluding hydrogens is 436 g/mol. The lowest BCUT2D eigenvalue weighted by molar-refractivity contribution is -0.260. The van der Waals surface area contributed by atoms with E-state index in [0.29, 0.717) is 0 Å². The van der Waals surface area contributed by atoms with Gasteiger partial charge in [-0.15, -0.1) is 0 Å². The molecule has 7 heteroatoms. The average molecular weight is 465 g/mol. The number of carbonyl (C=O) groups is 5. The first-order valence-electron chi connectivity index (χ1n) is 10.9. The van der Waals surface area contributed by atoms with Crippen molar-refractivity contribution < 1.29 is 33.4 Å². The first kappa shape index (κ1) is 25.0. The van der Waals surface area contributed by atoms with Crippen molar-refractivity contribution in [2.45, 2.75) is 52.7 Å². The Morgan fingerprint density at radius 3 is 1.71 bits per heavy atom. The minimum atomic E-state index is -2.67.